The van der Waals surface area contributed by atoms with Crippen LogP contribution in [0, 0.1) is 0 Å². The van der Waals surface area contributed by atoms with Crippen LogP contribution in [-0.4, -0.2) is 49.0 Å². The van der Waals surface area contributed by atoms with Crippen molar-refractivity contribution in [3.05, 3.63) is 0 Å². The molecule has 0 amide bonds. The number of carbonyl (C=O) groups is 2. The minimum atomic E-state index is -1.32. The van der Waals surface area contributed by atoms with Crippen molar-refractivity contribution in [2.24, 2.45) is 0 Å². The molecule has 0 radical (unpaired) electrons. The highest BCUT2D eigenvalue weighted by atomic mass is 32.1. The molecule has 6 heteroatoms. The van der Waals surface area contributed by atoms with Gasteiger partial charge in [-0.3, -0.25) is 4.79 Å². The maximum absolute atomic E-state index is 10.8. The first-order chi connectivity index (χ1) is 6.54. The van der Waals surface area contributed by atoms with Crippen LogP contribution in [0.3, 0.4) is 0 Å². The Balaban J connectivity index is 4.69. The van der Waals surface area contributed by atoms with Gasteiger partial charge in [0, 0.05) is 19.3 Å². The van der Waals surface area contributed by atoms with Gasteiger partial charge in [-0.15, -0.1) is 12.6 Å². The zero-order valence-electron chi connectivity index (χ0n) is 9.44. The van der Waals surface area contributed by atoms with E-state index in [1.165, 1.54) is 6.92 Å². The molecule has 0 aliphatic rings. The van der Waals surface area contributed by atoms with Gasteiger partial charge < -0.3 is 19.1 Å². The molecule has 0 bridgehead atoms. The van der Waals surface area contributed by atoms with Gasteiger partial charge in [-0.1, -0.05) is 0 Å². The van der Waals surface area contributed by atoms with Crippen LogP contribution in [0.4, 0.5) is 0 Å². The Labute approximate surface area is 95.0 Å². The number of thiol groups is 1. The Morgan fingerprint density at radius 2 is 1.87 bits per heavy atom. The third kappa shape index (κ3) is 7.21. The van der Waals surface area contributed by atoms with Gasteiger partial charge >= 0.3 is 5.97 Å². The van der Waals surface area contributed by atoms with Crippen molar-refractivity contribution >= 4 is 24.6 Å². The summed E-state index contributed by atoms with van der Waals surface area (Å²) in [6.07, 6.45) is -0.425. The predicted molar refractivity (Wildman–Crippen MR) is 56.0 cm³/mol. The van der Waals surface area contributed by atoms with Crippen LogP contribution >= 0.6 is 12.6 Å². The van der Waals surface area contributed by atoms with Gasteiger partial charge in [0.05, 0.1) is 21.1 Å². The molecule has 0 aromatic heterocycles. The SMILES string of the molecule is CC(=O)OC(S)(CC(=O)[O-])C[N+](C)(C)C. The lowest BCUT2D eigenvalue weighted by Crippen LogP contribution is -2.50. The van der Waals surface area contributed by atoms with Crippen molar-refractivity contribution in [2.75, 3.05) is 27.7 Å². The smallest absolute Gasteiger partial charge is 0.304 e. The summed E-state index contributed by atoms with van der Waals surface area (Å²) in [4.78, 5) is 20.0. The van der Waals surface area contributed by atoms with Crippen molar-refractivity contribution < 1.29 is 23.9 Å². The van der Waals surface area contributed by atoms with E-state index in [0.717, 1.165) is 0 Å². The molecule has 1 unspecified atom stereocenters. The summed E-state index contributed by atoms with van der Waals surface area (Å²) in [6, 6.07) is 0. The number of hydrogen-bond acceptors (Lipinski definition) is 5. The molecule has 0 aromatic carbocycles. The van der Waals surface area contributed by atoms with Crippen LogP contribution in [0.1, 0.15) is 13.3 Å². The van der Waals surface area contributed by atoms with Gasteiger partial charge in [0.2, 0.25) is 4.93 Å². The molecule has 1 atom stereocenters. The number of aliphatic carboxylic acids is 1. The third-order valence-electron chi connectivity index (χ3n) is 1.48. The number of esters is 1. The number of carboxylic acid groups (broad SMARTS) is 1. The van der Waals surface area contributed by atoms with E-state index >= 15 is 0 Å². The van der Waals surface area contributed by atoms with Crippen LogP contribution in [0.25, 0.3) is 0 Å². The average Bonchev–Trinajstić information content (AvgIpc) is 1.73. The maximum atomic E-state index is 10.8. The molecule has 0 saturated carbocycles. The first kappa shape index (κ1) is 14.2. The Hall–Kier alpha value is -0.750. The minimum absolute atomic E-state index is 0.281. The Bertz CT molecular complexity index is 243. The molecule has 88 valence electrons. The van der Waals surface area contributed by atoms with Gasteiger partial charge in [0.1, 0.15) is 6.54 Å². The van der Waals surface area contributed by atoms with Gasteiger partial charge in [-0.2, -0.15) is 0 Å². The fraction of sp³-hybridized carbons (Fsp3) is 0.778. The van der Waals surface area contributed by atoms with E-state index in [-0.39, 0.29) is 6.54 Å². The molecule has 0 fully saturated rings. The molecule has 5 nitrogen and oxygen atoms in total. The number of hydrogen-bond donors (Lipinski definition) is 1. The standard InChI is InChI=1S/C9H17NO4S/c1-7(11)14-9(15,5-8(12)13)6-10(2,3)4/h5-6H2,1-4H3,(H-,12,13,15). The van der Waals surface area contributed by atoms with Crippen LogP contribution < -0.4 is 5.11 Å². The molecule has 0 aliphatic heterocycles. The predicted octanol–water partition coefficient (Wildman–Crippen LogP) is -0.978. The molecule has 0 spiro atoms. The topological polar surface area (TPSA) is 66.4 Å². The van der Waals surface area contributed by atoms with Crippen molar-refractivity contribution in [3.63, 3.8) is 0 Å². The highest BCUT2D eigenvalue weighted by molar-refractivity contribution is 7.81. The highest BCUT2D eigenvalue weighted by Crippen LogP contribution is 2.23. The largest absolute Gasteiger partial charge is 0.550 e. The van der Waals surface area contributed by atoms with Gasteiger partial charge in [0.25, 0.3) is 0 Å². The summed E-state index contributed by atoms with van der Waals surface area (Å²) in [5.41, 5.74) is 0. The van der Waals surface area contributed by atoms with Gasteiger partial charge in [-0.05, 0) is 0 Å². The molecule has 0 heterocycles. The third-order valence-corrected chi connectivity index (χ3v) is 1.87. The van der Waals surface area contributed by atoms with E-state index in [1.807, 2.05) is 21.1 Å². The molecule has 15 heavy (non-hydrogen) atoms. The number of quaternary nitrogens is 1. The lowest BCUT2D eigenvalue weighted by Gasteiger charge is -2.35. The summed E-state index contributed by atoms with van der Waals surface area (Å²) in [6.45, 7) is 1.50. The molecular weight excluding hydrogens is 218 g/mol. The van der Waals surface area contributed by atoms with Crippen molar-refractivity contribution in [3.8, 4) is 0 Å². The Morgan fingerprint density at radius 1 is 1.40 bits per heavy atom. The zero-order valence-corrected chi connectivity index (χ0v) is 10.3. The van der Waals surface area contributed by atoms with Crippen LogP contribution in [0.15, 0.2) is 0 Å². The first-order valence-corrected chi connectivity index (χ1v) is 4.91. The normalized spacial score (nSPS) is 15.5. The van der Waals surface area contributed by atoms with E-state index in [9.17, 15) is 14.7 Å². The fourth-order valence-electron chi connectivity index (χ4n) is 1.36. The lowest BCUT2D eigenvalue weighted by molar-refractivity contribution is -0.874. The van der Waals surface area contributed by atoms with E-state index in [1.54, 1.807) is 0 Å². The van der Waals surface area contributed by atoms with Crippen molar-refractivity contribution in [1.29, 1.82) is 0 Å². The number of nitrogens with zero attached hydrogens (tertiary/aromatic N) is 1. The summed E-state index contributed by atoms with van der Waals surface area (Å²) < 4.78 is 5.35. The summed E-state index contributed by atoms with van der Waals surface area (Å²) >= 11 is 4.11. The number of carboxylic acids is 1. The van der Waals surface area contributed by atoms with E-state index in [0.29, 0.717) is 4.48 Å². The molecule has 0 N–H and O–H groups in total. The zero-order chi connectivity index (χ0) is 12.3. The second kappa shape index (κ2) is 4.85. The highest BCUT2D eigenvalue weighted by Gasteiger charge is 2.35. The number of rotatable bonds is 5. The number of carbonyl (C=O) groups excluding carboxylic acids is 2. The van der Waals surface area contributed by atoms with Crippen LogP contribution in [0.5, 0.6) is 0 Å². The molecule has 0 saturated heterocycles. The first-order valence-electron chi connectivity index (χ1n) is 4.46. The fourth-order valence-corrected chi connectivity index (χ4v) is 2.04. The Morgan fingerprint density at radius 3 is 2.13 bits per heavy atom. The maximum Gasteiger partial charge on any atom is 0.304 e. The lowest BCUT2D eigenvalue weighted by atomic mass is 10.2. The second-order valence-electron chi connectivity index (χ2n) is 4.54. The summed E-state index contributed by atoms with van der Waals surface area (Å²) in [5, 5.41) is 10.5. The van der Waals surface area contributed by atoms with Gasteiger partial charge in [0.15, 0.2) is 0 Å². The van der Waals surface area contributed by atoms with Crippen LogP contribution in [0.2, 0.25) is 0 Å². The van der Waals surface area contributed by atoms with Gasteiger partial charge in [-0.25, -0.2) is 0 Å². The second-order valence-corrected chi connectivity index (χ2v) is 5.35. The quantitative estimate of drug-likeness (QED) is 0.288. The monoisotopic (exact) mass is 235 g/mol. The van der Waals surface area contributed by atoms with E-state index < -0.39 is 23.3 Å². The molecule has 0 rings (SSSR count). The van der Waals surface area contributed by atoms with Crippen molar-refractivity contribution in [1.82, 2.24) is 0 Å². The van der Waals surface area contributed by atoms with E-state index in [2.05, 4.69) is 12.6 Å². The molecule has 0 aliphatic carbocycles. The summed E-state index contributed by atoms with van der Waals surface area (Å²) in [7, 11) is 5.55. The number of likely N-dealkylation sites (N-methyl/N-ethyl adjacent to an activating group) is 1. The molecular formula is C9H17NO4S. The minimum Gasteiger partial charge on any atom is -0.550 e. The average molecular weight is 235 g/mol. The molecule has 0 aromatic rings. The van der Waals surface area contributed by atoms with Crippen LogP contribution in [-0.2, 0) is 14.3 Å². The Kier molecular flexibility index (Phi) is 4.61. The number of ether oxygens (including phenoxy) is 1. The summed E-state index contributed by atoms with van der Waals surface area (Å²) in [5.74, 6) is -1.85. The van der Waals surface area contributed by atoms with Crippen molar-refractivity contribution in [2.45, 2.75) is 18.3 Å². The van der Waals surface area contributed by atoms with E-state index in [4.69, 9.17) is 4.74 Å².